The fraction of sp³-hybridized carbons (Fsp3) is 0.533. The second-order valence-electron chi connectivity index (χ2n) is 5.01. The molecule has 0 fully saturated rings. The molecule has 1 aliphatic heterocycles. The molecule has 6 heteroatoms. The third kappa shape index (κ3) is 4.01. The van der Waals surface area contributed by atoms with Crippen molar-refractivity contribution in [2.24, 2.45) is 0 Å². The van der Waals surface area contributed by atoms with Gasteiger partial charge in [0.05, 0.1) is 12.6 Å². The van der Waals surface area contributed by atoms with Crippen molar-refractivity contribution in [1.29, 1.82) is 0 Å². The third-order valence-corrected chi connectivity index (χ3v) is 3.27. The average Bonchev–Trinajstić information content (AvgIpc) is 2.92. The van der Waals surface area contributed by atoms with Crippen LogP contribution in [0.5, 0.6) is 11.5 Å². The van der Waals surface area contributed by atoms with Crippen molar-refractivity contribution in [3.8, 4) is 11.5 Å². The number of amides is 2. The Morgan fingerprint density at radius 3 is 2.90 bits per heavy atom. The van der Waals surface area contributed by atoms with Gasteiger partial charge in [-0.15, -0.1) is 0 Å². The molecule has 6 nitrogen and oxygen atoms in total. The van der Waals surface area contributed by atoms with Crippen LogP contribution in [0.2, 0.25) is 0 Å². The number of urea groups is 1. The Morgan fingerprint density at radius 2 is 2.19 bits per heavy atom. The highest BCUT2D eigenvalue weighted by Crippen LogP contribution is 2.32. The van der Waals surface area contributed by atoms with E-state index in [0.29, 0.717) is 19.7 Å². The maximum absolute atomic E-state index is 12.2. The van der Waals surface area contributed by atoms with E-state index < -0.39 is 0 Å². The van der Waals surface area contributed by atoms with Crippen LogP contribution in [0.25, 0.3) is 0 Å². The van der Waals surface area contributed by atoms with Gasteiger partial charge in [0.25, 0.3) is 0 Å². The normalized spacial score (nSPS) is 13.9. The first-order valence-corrected chi connectivity index (χ1v) is 7.07. The van der Waals surface area contributed by atoms with E-state index in [4.69, 9.17) is 14.2 Å². The Kier molecular flexibility index (Phi) is 5.27. The Bertz CT molecular complexity index is 493. The lowest BCUT2D eigenvalue weighted by Gasteiger charge is -2.24. The molecule has 1 aliphatic rings. The number of methoxy groups -OCH3 is 1. The topological polar surface area (TPSA) is 60.0 Å². The average molecular weight is 294 g/mol. The highest BCUT2D eigenvalue weighted by atomic mass is 16.7. The minimum atomic E-state index is -0.0975. The Labute approximate surface area is 125 Å². The minimum absolute atomic E-state index is 0.0201. The highest BCUT2D eigenvalue weighted by Gasteiger charge is 2.17. The molecule has 0 spiro atoms. The fourth-order valence-corrected chi connectivity index (χ4v) is 2.18. The lowest BCUT2D eigenvalue weighted by Crippen LogP contribution is -2.44. The number of hydrogen-bond donors (Lipinski definition) is 1. The number of hydrogen-bond acceptors (Lipinski definition) is 4. The molecule has 0 aromatic heterocycles. The van der Waals surface area contributed by atoms with Crippen LogP contribution in [0.4, 0.5) is 4.79 Å². The number of rotatable bonds is 6. The highest BCUT2D eigenvalue weighted by molar-refractivity contribution is 5.74. The molecule has 0 aliphatic carbocycles. The molecule has 1 heterocycles. The number of nitrogens with zero attached hydrogens (tertiary/aromatic N) is 1. The van der Waals surface area contributed by atoms with Gasteiger partial charge in [-0.3, -0.25) is 0 Å². The molecule has 1 N–H and O–H groups in total. The largest absolute Gasteiger partial charge is 0.454 e. The second kappa shape index (κ2) is 7.17. The van der Waals surface area contributed by atoms with Gasteiger partial charge in [0.1, 0.15) is 0 Å². The number of carbonyl (C=O) groups is 1. The van der Waals surface area contributed by atoms with Crippen LogP contribution in [0.3, 0.4) is 0 Å². The van der Waals surface area contributed by atoms with E-state index in [0.717, 1.165) is 17.1 Å². The lowest BCUT2D eigenvalue weighted by atomic mass is 10.2. The maximum Gasteiger partial charge on any atom is 0.317 e. The fourth-order valence-electron chi connectivity index (χ4n) is 2.18. The van der Waals surface area contributed by atoms with E-state index in [1.165, 1.54) is 0 Å². The van der Waals surface area contributed by atoms with Crippen molar-refractivity contribution < 1.29 is 19.0 Å². The predicted octanol–water partition coefficient (Wildman–Crippen LogP) is 1.98. The smallest absolute Gasteiger partial charge is 0.317 e. The van der Waals surface area contributed by atoms with Crippen LogP contribution < -0.4 is 14.8 Å². The molecule has 0 bridgehead atoms. The summed E-state index contributed by atoms with van der Waals surface area (Å²) in [5, 5.41) is 2.91. The second-order valence-corrected chi connectivity index (χ2v) is 5.01. The van der Waals surface area contributed by atoms with Gasteiger partial charge in [0.2, 0.25) is 6.79 Å². The Morgan fingerprint density at radius 1 is 1.43 bits per heavy atom. The van der Waals surface area contributed by atoms with Crippen molar-refractivity contribution in [2.75, 3.05) is 27.1 Å². The zero-order valence-corrected chi connectivity index (χ0v) is 12.7. The summed E-state index contributed by atoms with van der Waals surface area (Å²) in [6, 6.07) is 5.61. The molecule has 116 valence electrons. The summed E-state index contributed by atoms with van der Waals surface area (Å²) in [5.74, 6) is 1.48. The van der Waals surface area contributed by atoms with Gasteiger partial charge in [-0.2, -0.15) is 0 Å². The number of fused-ring (bicyclic) bond motifs is 1. The van der Waals surface area contributed by atoms with E-state index in [2.05, 4.69) is 5.32 Å². The molecule has 21 heavy (non-hydrogen) atoms. The molecule has 0 saturated heterocycles. The van der Waals surface area contributed by atoms with E-state index in [9.17, 15) is 4.79 Å². The van der Waals surface area contributed by atoms with Crippen molar-refractivity contribution in [3.63, 3.8) is 0 Å². The molecular weight excluding hydrogens is 272 g/mol. The quantitative estimate of drug-likeness (QED) is 0.871. The summed E-state index contributed by atoms with van der Waals surface area (Å²) in [6.07, 6.45) is 0. The number of benzene rings is 1. The summed E-state index contributed by atoms with van der Waals surface area (Å²) >= 11 is 0. The molecular formula is C15H22N2O4. The maximum atomic E-state index is 12.2. The van der Waals surface area contributed by atoms with E-state index in [1.54, 1.807) is 12.0 Å². The first-order valence-electron chi connectivity index (χ1n) is 7.07. The monoisotopic (exact) mass is 294 g/mol. The minimum Gasteiger partial charge on any atom is -0.454 e. The molecule has 0 radical (unpaired) electrons. The summed E-state index contributed by atoms with van der Waals surface area (Å²) in [7, 11) is 1.62. The van der Waals surface area contributed by atoms with Gasteiger partial charge in [0.15, 0.2) is 11.5 Å². The van der Waals surface area contributed by atoms with E-state index in [-0.39, 0.29) is 18.9 Å². The SMILES string of the molecule is CCN(Cc1ccc2c(c1)OCO2)C(=O)NC(C)COC. The molecule has 2 amide bonds. The van der Waals surface area contributed by atoms with Gasteiger partial charge in [0, 0.05) is 20.2 Å². The van der Waals surface area contributed by atoms with Crippen LogP contribution >= 0.6 is 0 Å². The standard InChI is InChI=1S/C15H22N2O4/c1-4-17(15(18)16-11(2)9-19-3)8-12-5-6-13-14(7-12)21-10-20-13/h5-7,11H,4,8-10H2,1-3H3,(H,16,18). The zero-order valence-electron chi connectivity index (χ0n) is 12.7. The third-order valence-electron chi connectivity index (χ3n) is 3.27. The van der Waals surface area contributed by atoms with E-state index >= 15 is 0 Å². The van der Waals surface area contributed by atoms with Gasteiger partial charge in [-0.1, -0.05) is 6.07 Å². The summed E-state index contributed by atoms with van der Waals surface area (Å²) < 4.78 is 15.7. The number of nitrogens with one attached hydrogen (secondary N) is 1. The molecule has 1 unspecified atom stereocenters. The van der Waals surface area contributed by atoms with Crippen LogP contribution in [0.1, 0.15) is 19.4 Å². The Balaban J connectivity index is 1.96. The molecule has 2 rings (SSSR count). The summed E-state index contributed by atoms with van der Waals surface area (Å²) in [4.78, 5) is 13.9. The summed E-state index contributed by atoms with van der Waals surface area (Å²) in [5.41, 5.74) is 1.01. The van der Waals surface area contributed by atoms with Crippen LogP contribution in [-0.4, -0.2) is 44.0 Å². The lowest BCUT2D eigenvalue weighted by molar-refractivity contribution is 0.159. The first-order chi connectivity index (χ1) is 10.1. The number of carbonyl (C=O) groups excluding carboxylic acids is 1. The predicted molar refractivity (Wildman–Crippen MR) is 78.5 cm³/mol. The van der Waals surface area contributed by atoms with E-state index in [1.807, 2.05) is 32.0 Å². The van der Waals surface area contributed by atoms with Crippen LogP contribution in [0.15, 0.2) is 18.2 Å². The molecule has 1 atom stereocenters. The summed E-state index contributed by atoms with van der Waals surface area (Å²) in [6.45, 7) is 5.76. The van der Waals surface area contributed by atoms with Gasteiger partial charge >= 0.3 is 6.03 Å². The van der Waals surface area contributed by atoms with Gasteiger partial charge in [-0.05, 0) is 31.5 Å². The van der Waals surface area contributed by atoms with Crippen molar-refractivity contribution in [3.05, 3.63) is 23.8 Å². The van der Waals surface area contributed by atoms with Crippen molar-refractivity contribution in [2.45, 2.75) is 26.4 Å². The van der Waals surface area contributed by atoms with Crippen LogP contribution in [0, 0.1) is 0 Å². The van der Waals surface area contributed by atoms with Crippen molar-refractivity contribution >= 4 is 6.03 Å². The van der Waals surface area contributed by atoms with Crippen LogP contribution in [-0.2, 0) is 11.3 Å². The zero-order chi connectivity index (χ0) is 15.2. The van der Waals surface area contributed by atoms with Gasteiger partial charge in [-0.25, -0.2) is 4.79 Å². The molecule has 0 saturated carbocycles. The number of ether oxygens (including phenoxy) is 3. The first kappa shape index (κ1) is 15.4. The molecule has 1 aromatic carbocycles. The van der Waals surface area contributed by atoms with Crippen molar-refractivity contribution in [1.82, 2.24) is 10.2 Å². The molecule has 1 aromatic rings. The Hall–Kier alpha value is -1.95. The van der Waals surface area contributed by atoms with Gasteiger partial charge < -0.3 is 24.4 Å².